The molecule has 1 heterocycles. The minimum atomic E-state index is -4.24. The average molecular weight is 597 g/mol. The average Bonchev–Trinajstić information content (AvgIpc) is 3.30. The Morgan fingerprint density at radius 3 is 1.91 bits per heavy atom. The maximum absolute atomic E-state index is 14.1. The Morgan fingerprint density at radius 1 is 0.791 bits per heavy atom. The minimum Gasteiger partial charge on any atom is -0.497 e. The Kier molecular flexibility index (Phi) is 9.46. The number of hydroxylamine groups is 1. The van der Waals surface area contributed by atoms with Crippen molar-refractivity contribution in [2.75, 3.05) is 13.7 Å². The van der Waals surface area contributed by atoms with Crippen molar-refractivity contribution < 1.29 is 27.6 Å². The van der Waals surface area contributed by atoms with Crippen LogP contribution < -0.4 is 10.2 Å². The van der Waals surface area contributed by atoms with E-state index in [0.29, 0.717) is 11.3 Å². The Labute approximate surface area is 251 Å². The van der Waals surface area contributed by atoms with Crippen molar-refractivity contribution in [1.82, 2.24) is 9.79 Å². The van der Waals surface area contributed by atoms with E-state index in [9.17, 15) is 18.0 Å². The van der Waals surface area contributed by atoms with Crippen LogP contribution in [0, 0.1) is 5.92 Å². The van der Waals surface area contributed by atoms with Crippen LogP contribution in [0.15, 0.2) is 132 Å². The van der Waals surface area contributed by atoms with Crippen molar-refractivity contribution >= 4 is 21.7 Å². The van der Waals surface area contributed by atoms with Gasteiger partial charge in [-0.1, -0.05) is 103 Å². The van der Waals surface area contributed by atoms with Gasteiger partial charge in [0.05, 0.1) is 17.9 Å². The van der Waals surface area contributed by atoms with Gasteiger partial charge in [-0.25, -0.2) is 13.9 Å². The largest absolute Gasteiger partial charge is 0.497 e. The molecule has 0 fully saturated rings. The van der Waals surface area contributed by atoms with Gasteiger partial charge in [0, 0.05) is 12.1 Å². The fraction of sp³-hybridized carbons (Fsp3) is 0.176. The fourth-order valence-corrected chi connectivity index (χ4v) is 6.71. The molecule has 0 bridgehead atoms. The van der Waals surface area contributed by atoms with Crippen molar-refractivity contribution in [3.05, 3.63) is 144 Å². The molecule has 0 spiro atoms. The number of methoxy groups -OCH3 is 1. The van der Waals surface area contributed by atoms with Crippen LogP contribution in [0.3, 0.4) is 0 Å². The second kappa shape index (κ2) is 13.6. The molecule has 43 heavy (non-hydrogen) atoms. The first kappa shape index (κ1) is 29.9. The number of ether oxygens (including phenoxy) is 1. The summed E-state index contributed by atoms with van der Waals surface area (Å²) >= 11 is 0. The summed E-state index contributed by atoms with van der Waals surface area (Å²) in [6.07, 6.45) is 2.90. The quantitative estimate of drug-likeness (QED) is 0.150. The van der Waals surface area contributed by atoms with Crippen LogP contribution in [0.2, 0.25) is 0 Å². The molecular weight excluding hydrogens is 564 g/mol. The van der Waals surface area contributed by atoms with Gasteiger partial charge in [-0.2, -0.15) is 4.31 Å². The molecule has 9 heteroatoms. The number of Topliss-reactive ketones (excluding diaryl/α,β-unsaturated/α-hetero) is 1. The lowest BCUT2D eigenvalue weighted by Crippen LogP contribution is -2.54. The third-order valence-corrected chi connectivity index (χ3v) is 9.21. The first-order chi connectivity index (χ1) is 20.9. The molecular formula is C34H32N2O6S. The molecule has 220 valence electrons. The normalized spacial score (nSPS) is 17.3. The van der Waals surface area contributed by atoms with Gasteiger partial charge in [0.25, 0.3) is 5.91 Å². The van der Waals surface area contributed by atoms with Crippen LogP contribution in [-0.4, -0.2) is 44.1 Å². The molecule has 2 unspecified atom stereocenters. The molecule has 1 aliphatic heterocycles. The number of ketones is 1. The number of sulfonamides is 1. The third kappa shape index (κ3) is 6.75. The number of nitrogens with zero attached hydrogens (tertiary/aromatic N) is 1. The third-order valence-electron chi connectivity index (χ3n) is 7.35. The number of hydrogen-bond acceptors (Lipinski definition) is 6. The van der Waals surface area contributed by atoms with Gasteiger partial charge in [-0.15, -0.1) is 0 Å². The molecule has 1 N–H and O–H groups in total. The summed E-state index contributed by atoms with van der Waals surface area (Å²) in [6, 6.07) is 31.8. The summed E-state index contributed by atoms with van der Waals surface area (Å²) in [7, 11) is -2.75. The number of carbonyl (C=O) groups excluding carboxylic acids is 2. The van der Waals surface area contributed by atoms with Crippen LogP contribution in [0.4, 0.5) is 0 Å². The second-order valence-corrected chi connectivity index (χ2v) is 11.9. The van der Waals surface area contributed by atoms with E-state index in [0.717, 1.165) is 15.4 Å². The summed E-state index contributed by atoms with van der Waals surface area (Å²) in [5.41, 5.74) is 4.50. The summed E-state index contributed by atoms with van der Waals surface area (Å²) in [5, 5.41) is 0. The predicted molar refractivity (Wildman–Crippen MR) is 163 cm³/mol. The highest BCUT2D eigenvalue weighted by atomic mass is 32.2. The number of carbonyl (C=O) groups is 2. The fourth-order valence-electron chi connectivity index (χ4n) is 5.14. The molecule has 5 rings (SSSR count). The van der Waals surface area contributed by atoms with Gasteiger partial charge < -0.3 is 4.74 Å². The summed E-state index contributed by atoms with van der Waals surface area (Å²) < 4.78 is 34.4. The highest BCUT2D eigenvalue weighted by Crippen LogP contribution is 2.31. The van der Waals surface area contributed by atoms with Crippen molar-refractivity contribution in [2.45, 2.75) is 23.5 Å². The highest BCUT2D eigenvalue weighted by molar-refractivity contribution is 7.89. The van der Waals surface area contributed by atoms with Crippen LogP contribution in [0.25, 0.3) is 0 Å². The van der Waals surface area contributed by atoms with Crippen molar-refractivity contribution in [1.29, 1.82) is 0 Å². The number of allylic oxidation sites excluding steroid dienone is 1. The van der Waals surface area contributed by atoms with E-state index < -0.39 is 34.0 Å². The lowest BCUT2D eigenvalue weighted by atomic mass is 9.88. The van der Waals surface area contributed by atoms with Crippen LogP contribution in [0.5, 0.6) is 5.75 Å². The van der Waals surface area contributed by atoms with E-state index in [2.05, 4.69) is 5.48 Å². The molecule has 0 radical (unpaired) electrons. The van der Waals surface area contributed by atoms with Gasteiger partial charge in [0.2, 0.25) is 10.0 Å². The van der Waals surface area contributed by atoms with Crippen LogP contribution in [-0.2, 0) is 19.7 Å². The van der Waals surface area contributed by atoms with E-state index in [-0.39, 0.29) is 23.6 Å². The molecule has 2 atom stereocenters. The first-order valence-electron chi connectivity index (χ1n) is 13.9. The number of rotatable bonds is 10. The molecule has 4 aromatic rings. The number of benzene rings is 4. The topological polar surface area (TPSA) is 102 Å². The lowest BCUT2D eigenvalue weighted by Gasteiger charge is -2.33. The zero-order valence-corrected chi connectivity index (χ0v) is 24.4. The van der Waals surface area contributed by atoms with E-state index in [1.807, 2.05) is 60.7 Å². The molecule has 0 saturated carbocycles. The second-order valence-electron chi connectivity index (χ2n) is 10.0. The molecule has 8 nitrogen and oxygen atoms in total. The maximum atomic E-state index is 14.1. The smallest absolute Gasteiger partial charge is 0.262 e. The van der Waals surface area contributed by atoms with Crippen LogP contribution >= 0.6 is 0 Å². The number of nitrogens with one attached hydrogen (secondary N) is 1. The zero-order valence-electron chi connectivity index (χ0n) is 23.6. The van der Waals surface area contributed by atoms with Gasteiger partial charge in [-0.3, -0.25) is 14.4 Å². The molecule has 0 saturated heterocycles. The maximum Gasteiger partial charge on any atom is 0.262 e. The SMILES string of the molecule is COc1ccc(S(=O)(=O)N2CC=CCC(C(=O)c3ccccc3)C2C(=O)NOC(c2ccccc2)c2ccccc2)cc1. The Balaban J connectivity index is 1.52. The van der Waals surface area contributed by atoms with Gasteiger partial charge in [-0.05, 0) is 41.8 Å². The Morgan fingerprint density at radius 2 is 1.35 bits per heavy atom. The first-order valence-corrected chi connectivity index (χ1v) is 15.3. The van der Waals surface area contributed by atoms with Crippen molar-refractivity contribution in [3.8, 4) is 5.75 Å². The predicted octanol–water partition coefficient (Wildman–Crippen LogP) is 5.35. The summed E-state index contributed by atoms with van der Waals surface area (Å²) in [4.78, 5) is 34.0. The van der Waals surface area contributed by atoms with E-state index >= 15 is 0 Å². The lowest BCUT2D eigenvalue weighted by molar-refractivity contribution is -0.142. The van der Waals surface area contributed by atoms with Gasteiger partial charge in [0.1, 0.15) is 17.9 Å². The molecule has 1 aliphatic rings. The Hall–Kier alpha value is -4.57. The molecule has 0 aromatic heterocycles. The zero-order chi connectivity index (χ0) is 30.2. The summed E-state index contributed by atoms with van der Waals surface area (Å²) in [6.45, 7) is -0.105. The standard InChI is InChI=1S/C34H32N2O6S/c1-41-28-20-22-29(23-21-28)43(39,40)36-24-12-11-19-30(32(37)25-13-5-2-6-14-25)31(36)34(38)35-42-33(26-15-7-3-8-16-26)27-17-9-4-10-18-27/h2-18,20-23,30-31,33H,19,24H2,1H3,(H,35,38). The molecule has 4 aromatic carbocycles. The van der Waals surface area contributed by atoms with Crippen molar-refractivity contribution in [2.24, 2.45) is 5.92 Å². The highest BCUT2D eigenvalue weighted by Gasteiger charge is 2.44. The molecule has 1 amide bonds. The number of amides is 1. The van der Waals surface area contributed by atoms with Crippen LogP contribution in [0.1, 0.15) is 34.0 Å². The van der Waals surface area contributed by atoms with Gasteiger partial charge in [0.15, 0.2) is 5.78 Å². The summed E-state index contributed by atoms with van der Waals surface area (Å²) in [5.74, 6) is -1.61. The van der Waals surface area contributed by atoms with E-state index in [1.165, 1.54) is 31.4 Å². The molecule has 0 aliphatic carbocycles. The van der Waals surface area contributed by atoms with E-state index in [1.54, 1.807) is 42.5 Å². The Bertz CT molecular complexity index is 1620. The van der Waals surface area contributed by atoms with Crippen molar-refractivity contribution in [3.63, 3.8) is 0 Å². The van der Waals surface area contributed by atoms with Gasteiger partial charge >= 0.3 is 0 Å². The monoisotopic (exact) mass is 596 g/mol. The number of hydrogen-bond donors (Lipinski definition) is 1. The minimum absolute atomic E-state index is 0.0281. The van der Waals surface area contributed by atoms with E-state index in [4.69, 9.17) is 9.57 Å².